The van der Waals surface area contributed by atoms with Crippen molar-refractivity contribution < 1.29 is 0 Å². The van der Waals surface area contributed by atoms with Crippen LogP contribution in [0.2, 0.25) is 10.0 Å². The molecule has 0 saturated carbocycles. The van der Waals surface area contributed by atoms with E-state index in [1.807, 2.05) is 6.92 Å². The van der Waals surface area contributed by atoms with E-state index in [9.17, 15) is 0 Å². The maximum atomic E-state index is 5.94. The van der Waals surface area contributed by atoms with Crippen LogP contribution in [0.1, 0.15) is 5.56 Å². The highest BCUT2D eigenvalue weighted by molar-refractivity contribution is 9.10. The van der Waals surface area contributed by atoms with Gasteiger partial charge in [-0.25, -0.2) is 4.98 Å². The Morgan fingerprint density at radius 3 is 2.44 bits per heavy atom. The predicted octanol–water partition coefficient (Wildman–Crippen LogP) is 4.79. The van der Waals surface area contributed by atoms with Crippen LogP contribution in [0.25, 0.3) is 0 Å². The molecule has 18 heavy (non-hydrogen) atoms. The van der Waals surface area contributed by atoms with Gasteiger partial charge in [0.15, 0.2) is 0 Å². The minimum atomic E-state index is 0.563. The lowest BCUT2D eigenvalue weighted by Crippen LogP contribution is -1.99. The molecule has 0 bridgehead atoms. The number of nitrogens with two attached hydrogens (primary N) is 1. The molecule has 3 nitrogen and oxygen atoms in total. The number of aromatic nitrogens is 1. The standard InChI is InChI=1S/C12H10BrCl2N3/c1-6-10(16)5-17-12(11(6)13)18-9-3-7(14)2-8(15)4-9/h2-5H,16H2,1H3,(H,17,18). The van der Waals surface area contributed by atoms with Crippen LogP contribution in [0.5, 0.6) is 0 Å². The molecule has 1 aromatic heterocycles. The van der Waals surface area contributed by atoms with Crippen molar-refractivity contribution in [2.75, 3.05) is 11.1 Å². The largest absolute Gasteiger partial charge is 0.397 e. The van der Waals surface area contributed by atoms with E-state index >= 15 is 0 Å². The van der Waals surface area contributed by atoms with Gasteiger partial charge < -0.3 is 11.1 Å². The number of hydrogen-bond donors (Lipinski definition) is 2. The summed E-state index contributed by atoms with van der Waals surface area (Å²) < 4.78 is 0.818. The summed E-state index contributed by atoms with van der Waals surface area (Å²) in [6.07, 6.45) is 1.61. The van der Waals surface area contributed by atoms with Gasteiger partial charge >= 0.3 is 0 Å². The minimum Gasteiger partial charge on any atom is -0.397 e. The van der Waals surface area contributed by atoms with E-state index < -0.39 is 0 Å². The van der Waals surface area contributed by atoms with Gasteiger partial charge in [0.25, 0.3) is 0 Å². The fourth-order valence-electron chi connectivity index (χ4n) is 1.44. The van der Waals surface area contributed by atoms with Crippen LogP contribution in [0.3, 0.4) is 0 Å². The second kappa shape index (κ2) is 5.34. The summed E-state index contributed by atoms with van der Waals surface area (Å²) in [6.45, 7) is 1.91. The lowest BCUT2D eigenvalue weighted by Gasteiger charge is -2.11. The average molecular weight is 347 g/mol. The number of anilines is 3. The SMILES string of the molecule is Cc1c(N)cnc(Nc2cc(Cl)cc(Cl)c2)c1Br. The van der Waals surface area contributed by atoms with Crippen molar-refractivity contribution in [3.05, 3.63) is 44.5 Å². The van der Waals surface area contributed by atoms with Gasteiger partial charge in [-0.15, -0.1) is 0 Å². The van der Waals surface area contributed by atoms with E-state index in [4.69, 9.17) is 28.9 Å². The average Bonchev–Trinajstić information content (AvgIpc) is 2.29. The first-order chi connectivity index (χ1) is 8.47. The van der Waals surface area contributed by atoms with Gasteiger partial charge in [-0.3, -0.25) is 0 Å². The number of halogens is 3. The Balaban J connectivity index is 2.37. The molecule has 2 aromatic rings. The second-order valence-corrected chi connectivity index (χ2v) is 5.45. The quantitative estimate of drug-likeness (QED) is 0.822. The number of nitrogen functional groups attached to an aromatic ring is 1. The van der Waals surface area contributed by atoms with E-state index in [2.05, 4.69) is 26.2 Å². The van der Waals surface area contributed by atoms with Gasteiger partial charge in [0.1, 0.15) is 5.82 Å². The molecule has 2 rings (SSSR count). The van der Waals surface area contributed by atoms with Crippen LogP contribution in [-0.4, -0.2) is 4.98 Å². The summed E-state index contributed by atoms with van der Waals surface area (Å²) in [5.41, 5.74) is 8.10. The summed E-state index contributed by atoms with van der Waals surface area (Å²) in [7, 11) is 0. The smallest absolute Gasteiger partial charge is 0.145 e. The molecule has 0 aliphatic carbocycles. The van der Waals surface area contributed by atoms with Crippen molar-refractivity contribution in [3.63, 3.8) is 0 Å². The van der Waals surface area contributed by atoms with Gasteiger partial charge in [0.05, 0.1) is 16.4 Å². The maximum absolute atomic E-state index is 5.94. The topological polar surface area (TPSA) is 50.9 Å². The molecule has 94 valence electrons. The lowest BCUT2D eigenvalue weighted by molar-refractivity contribution is 1.25. The maximum Gasteiger partial charge on any atom is 0.145 e. The molecular formula is C12H10BrCl2N3. The zero-order chi connectivity index (χ0) is 13.3. The van der Waals surface area contributed by atoms with Crippen molar-refractivity contribution in [2.24, 2.45) is 0 Å². The fourth-order valence-corrected chi connectivity index (χ4v) is 2.40. The predicted molar refractivity (Wildman–Crippen MR) is 80.8 cm³/mol. The Bertz CT molecular complexity index is 582. The molecule has 0 spiro atoms. The first-order valence-electron chi connectivity index (χ1n) is 5.11. The van der Waals surface area contributed by atoms with Gasteiger partial charge in [-0.05, 0) is 46.6 Å². The lowest BCUT2D eigenvalue weighted by atomic mass is 10.2. The second-order valence-electron chi connectivity index (χ2n) is 3.78. The molecule has 6 heteroatoms. The third kappa shape index (κ3) is 2.88. The molecule has 0 saturated heterocycles. The number of benzene rings is 1. The van der Waals surface area contributed by atoms with E-state index in [0.717, 1.165) is 15.7 Å². The van der Waals surface area contributed by atoms with Crippen molar-refractivity contribution in [1.29, 1.82) is 0 Å². The van der Waals surface area contributed by atoms with Crippen LogP contribution >= 0.6 is 39.1 Å². The molecule has 0 atom stereocenters. The monoisotopic (exact) mass is 345 g/mol. The summed E-state index contributed by atoms with van der Waals surface area (Å²) in [5, 5.41) is 4.27. The van der Waals surface area contributed by atoms with Crippen molar-refractivity contribution in [3.8, 4) is 0 Å². The number of hydrogen-bond acceptors (Lipinski definition) is 3. The molecule has 0 amide bonds. The number of nitrogens with one attached hydrogen (secondary N) is 1. The Hall–Kier alpha value is -0.970. The van der Waals surface area contributed by atoms with Gasteiger partial charge in [0, 0.05) is 15.7 Å². The highest BCUT2D eigenvalue weighted by atomic mass is 79.9. The normalized spacial score (nSPS) is 10.4. The number of rotatable bonds is 2. The van der Waals surface area contributed by atoms with Gasteiger partial charge in [-0.1, -0.05) is 23.2 Å². The fraction of sp³-hybridized carbons (Fsp3) is 0.0833. The Morgan fingerprint density at radius 2 is 1.83 bits per heavy atom. The third-order valence-electron chi connectivity index (χ3n) is 2.43. The molecule has 1 aromatic carbocycles. The summed E-state index contributed by atoms with van der Waals surface area (Å²) >= 11 is 15.3. The van der Waals surface area contributed by atoms with Gasteiger partial charge in [0.2, 0.25) is 0 Å². The van der Waals surface area contributed by atoms with E-state index in [-0.39, 0.29) is 0 Å². The van der Waals surface area contributed by atoms with Crippen LogP contribution < -0.4 is 11.1 Å². The molecule has 0 fully saturated rings. The van der Waals surface area contributed by atoms with E-state index in [1.54, 1.807) is 24.4 Å². The minimum absolute atomic E-state index is 0.563. The third-order valence-corrected chi connectivity index (χ3v) is 3.83. The Morgan fingerprint density at radius 1 is 1.22 bits per heavy atom. The highest BCUT2D eigenvalue weighted by Gasteiger charge is 2.08. The highest BCUT2D eigenvalue weighted by Crippen LogP contribution is 2.31. The van der Waals surface area contributed by atoms with Crippen molar-refractivity contribution in [1.82, 2.24) is 4.98 Å². The molecule has 0 unspecified atom stereocenters. The molecule has 0 aliphatic rings. The van der Waals surface area contributed by atoms with Crippen molar-refractivity contribution in [2.45, 2.75) is 6.92 Å². The van der Waals surface area contributed by atoms with Crippen LogP contribution in [0.4, 0.5) is 17.2 Å². The molecular weight excluding hydrogens is 337 g/mol. The van der Waals surface area contributed by atoms with Crippen molar-refractivity contribution >= 4 is 56.3 Å². The summed E-state index contributed by atoms with van der Waals surface area (Å²) in [5.74, 6) is 0.667. The zero-order valence-corrected chi connectivity index (χ0v) is 12.6. The van der Waals surface area contributed by atoms with E-state index in [0.29, 0.717) is 21.6 Å². The first kappa shape index (κ1) is 13.5. The van der Waals surface area contributed by atoms with Crippen LogP contribution in [0.15, 0.2) is 28.9 Å². The number of nitrogens with zero attached hydrogens (tertiary/aromatic N) is 1. The summed E-state index contributed by atoms with van der Waals surface area (Å²) in [6, 6.07) is 5.21. The molecule has 1 heterocycles. The molecule has 0 aliphatic heterocycles. The van der Waals surface area contributed by atoms with Crippen LogP contribution in [0, 0.1) is 6.92 Å². The first-order valence-corrected chi connectivity index (χ1v) is 6.66. The van der Waals surface area contributed by atoms with E-state index in [1.165, 1.54) is 0 Å². The number of pyridine rings is 1. The van der Waals surface area contributed by atoms with Crippen LogP contribution in [-0.2, 0) is 0 Å². The Labute approximate surface area is 123 Å². The summed E-state index contributed by atoms with van der Waals surface area (Å²) in [4.78, 5) is 4.22. The molecule has 3 N–H and O–H groups in total. The Kier molecular flexibility index (Phi) is 4.00. The zero-order valence-electron chi connectivity index (χ0n) is 9.47. The van der Waals surface area contributed by atoms with Gasteiger partial charge in [-0.2, -0.15) is 0 Å². The molecule has 0 radical (unpaired) electrons.